The summed E-state index contributed by atoms with van der Waals surface area (Å²) in [6, 6.07) is 53.6. The molecule has 66 heavy (non-hydrogen) atoms. The highest BCUT2D eigenvalue weighted by Crippen LogP contribution is 2.63. The van der Waals surface area contributed by atoms with Crippen LogP contribution in [0.4, 0.5) is 17.1 Å². The van der Waals surface area contributed by atoms with Crippen molar-refractivity contribution in [1.29, 1.82) is 0 Å². The molecular weight excluding hydrogens is 805 g/mol. The fourth-order valence-electron chi connectivity index (χ4n) is 16.6. The average molecular weight is 861 g/mol. The normalized spacial score (nSPS) is 29.8. The van der Waals surface area contributed by atoms with Crippen LogP contribution in [0.5, 0.6) is 0 Å². The molecule has 0 spiro atoms. The van der Waals surface area contributed by atoms with E-state index in [1.54, 1.807) is 0 Å². The number of nitrogens with zero attached hydrogens (tertiary/aromatic N) is 4. The summed E-state index contributed by atoms with van der Waals surface area (Å²) in [5, 5.41) is 2.28. The molecule has 0 amide bonds. The van der Waals surface area contributed by atoms with Crippen LogP contribution >= 0.6 is 0 Å². The van der Waals surface area contributed by atoms with Gasteiger partial charge < -0.3 is 9.32 Å². The SMILES string of the molecule is c1ccc(C2(c3cccc4c3oc3ccccc34)c3ccccc3N(c3ccc(-c4nc(C56CC7CC(CC(C7)C5)C6)nc(C56CC7CCCC(C5)C(C7)C6)n4)cc3)c3ccccc32)cc1. The van der Waals surface area contributed by atoms with Crippen molar-refractivity contribution in [2.45, 2.75) is 99.7 Å². The molecule has 7 saturated carbocycles. The van der Waals surface area contributed by atoms with Crippen LogP contribution in [-0.2, 0) is 16.2 Å². The van der Waals surface area contributed by atoms with Gasteiger partial charge in [0, 0.05) is 38.4 Å². The number of hydrogen-bond acceptors (Lipinski definition) is 5. The summed E-state index contributed by atoms with van der Waals surface area (Å²) < 4.78 is 6.91. The summed E-state index contributed by atoms with van der Waals surface area (Å²) in [6.45, 7) is 0. The molecule has 0 saturated heterocycles. The Balaban J connectivity index is 0.886. The lowest BCUT2D eigenvalue weighted by Gasteiger charge is -2.56. The first kappa shape index (κ1) is 38.1. The number of benzene rings is 6. The van der Waals surface area contributed by atoms with E-state index in [1.807, 2.05) is 0 Å². The molecule has 0 N–H and O–H groups in total. The maximum Gasteiger partial charge on any atom is 0.163 e. The zero-order valence-corrected chi connectivity index (χ0v) is 37.7. The fourth-order valence-corrected chi connectivity index (χ4v) is 16.6. The summed E-state index contributed by atoms with van der Waals surface area (Å²) in [4.78, 5) is 19.5. The molecule has 7 fully saturated rings. The van der Waals surface area contributed by atoms with Crippen LogP contribution in [0.2, 0.25) is 0 Å². The van der Waals surface area contributed by atoms with Gasteiger partial charge in [0.2, 0.25) is 0 Å². The lowest BCUT2D eigenvalue weighted by atomic mass is 9.49. The third-order valence-electron chi connectivity index (χ3n) is 18.6. The zero-order chi connectivity index (χ0) is 43.2. The second-order valence-electron chi connectivity index (χ2n) is 22.3. The van der Waals surface area contributed by atoms with Gasteiger partial charge in [-0.1, -0.05) is 122 Å². The van der Waals surface area contributed by atoms with Crippen molar-refractivity contribution in [3.05, 3.63) is 179 Å². The van der Waals surface area contributed by atoms with Crippen LogP contribution in [0.15, 0.2) is 150 Å². The van der Waals surface area contributed by atoms with Crippen molar-refractivity contribution >= 4 is 39.0 Å². The van der Waals surface area contributed by atoms with E-state index in [9.17, 15) is 0 Å². The van der Waals surface area contributed by atoms with Gasteiger partial charge in [-0.25, -0.2) is 15.0 Å². The standard InChI is InChI=1S/C61H56N4O/c1-2-14-45(15-3-1)61(51-20-11-17-48-47-16-4-9-23-54(47)66-55(48)51)49-18-5-7-21-52(49)65(53-22-8-6-19-50(53)61)46-26-24-42(25-27-46)56-62-57(59-33-39-28-40(34-59)30-41(29-39)35-59)64-58(63-56)60-32-38-12-10-13-43(36-60)44(31-38)37-60/h1-9,11,14-27,38-41,43-44H,10,12-13,28-37H2. The van der Waals surface area contributed by atoms with Crippen LogP contribution < -0.4 is 4.90 Å². The molecule has 1 aliphatic heterocycles. The highest BCUT2D eigenvalue weighted by atomic mass is 16.3. The first-order valence-corrected chi connectivity index (χ1v) is 25.4. The van der Waals surface area contributed by atoms with Crippen LogP contribution in [0, 0.1) is 35.5 Å². The zero-order valence-electron chi connectivity index (χ0n) is 37.7. The number of anilines is 3. The van der Waals surface area contributed by atoms with E-state index >= 15 is 0 Å². The van der Waals surface area contributed by atoms with E-state index in [4.69, 9.17) is 19.4 Å². The first-order chi connectivity index (χ1) is 32.5. The molecule has 326 valence electrons. The van der Waals surface area contributed by atoms with Crippen molar-refractivity contribution in [3.63, 3.8) is 0 Å². The van der Waals surface area contributed by atoms with Gasteiger partial charge >= 0.3 is 0 Å². The van der Waals surface area contributed by atoms with Gasteiger partial charge in [0.15, 0.2) is 5.82 Å². The quantitative estimate of drug-likeness (QED) is 0.167. The van der Waals surface area contributed by atoms with Crippen molar-refractivity contribution in [2.24, 2.45) is 35.5 Å². The molecule has 2 aromatic heterocycles. The molecule has 0 radical (unpaired) electrons. The Bertz CT molecular complexity index is 3140. The Morgan fingerprint density at radius 3 is 1.79 bits per heavy atom. The van der Waals surface area contributed by atoms with Crippen LogP contribution in [0.3, 0.4) is 0 Å². The highest BCUT2D eigenvalue weighted by molar-refractivity contribution is 6.07. The van der Waals surface area contributed by atoms with Crippen LogP contribution in [-0.4, -0.2) is 15.0 Å². The Labute approximate surface area is 387 Å². The van der Waals surface area contributed by atoms with Crippen LogP contribution in [0.25, 0.3) is 33.3 Å². The molecule has 3 heterocycles. The van der Waals surface area contributed by atoms with Gasteiger partial charge in [0.05, 0.1) is 16.8 Å². The van der Waals surface area contributed by atoms with Crippen LogP contribution in [0.1, 0.15) is 117 Å². The first-order valence-electron chi connectivity index (χ1n) is 25.4. The number of para-hydroxylation sites is 4. The Morgan fingerprint density at radius 1 is 0.470 bits per heavy atom. The highest BCUT2D eigenvalue weighted by Gasteiger charge is 2.57. The lowest BCUT2D eigenvalue weighted by molar-refractivity contribution is -0.00975. The second-order valence-corrected chi connectivity index (χ2v) is 22.3. The van der Waals surface area contributed by atoms with E-state index in [0.29, 0.717) is 0 Å². The Morgan fingerprint density at radius 2 is 1.06 bits per heavy atom. The minimum absolute atomic E-state index is 0.104. The molecule has 8 aromatic rings. The van der Waals surface area contributed by atoms with E-state index in [-0.39, 0.29) is 10.8 Å². The third-order valence-corrected chi connectivity index (χ3v) is 18.6. The summed E-state index contributed by atoms with van der Waals surface area (Å²) in [5.74, 6) is 8.21. The molecule has 6 aromatic carbocycles. The van der Waals surface area contributed by atoms with Gasteiger partial charge in [-0.05, 0) is 159 Å². The number of rotatable bonds is 6. The molecule has 8 aliphatic rings. The molecule has 16 rings (SSSR count). The van der Waals surface area contributed by atoms with Gasteiger partial charge in [0.25, 0.3) is 0 Å². The maximum absolute atomic E-state index is 6.91. The molecule has 7 bridgehead atoms. The number of fused-ring (bicyclic) bond motifs is 7. The van der Waals surface area contributed by atoms with Crippen molar-refractivity contribution in [2.75, 3.05) is 4.90 Å². The second kappa shape index (κ2) is 14.0. The minimum Gasteiger partial charge on any atom is -0.456 e. The summed E-state index contributed by atoms with van der Waals surface area (Å²) in [7, 11) is 0. The maximum atomic E-state index is 6.91. The topological polar surface area (TPSA) is 55.1 Å². The summed E-state index contributed by atoms with van der Waals surface area (Å²) in [6.07, 6.45) is 17.5. The van der Waals surface area contributed by atoms with Gasteiger partial charge in [-0.2, -0.15) is 0 Å². The molecule has 4 atom stereocenters. The monoisotopic (exact) mass is 860 g/mol. The van der Waals surface area contributed by atoms with Gasteiger partial charge in [0.1, 0.15) is 22.8 Å². The summed E-state index contributed by atoms with van der Waals surface area (Å²) in [5.41, 5.74) is 10.7. The van der Waals surface area contributed by atoms with E-state index in [1.165, 1.54) is 100 Å². The Hall–Kier alpha value is -6.07. The largest absolute Gasteiger partial charge is 0.456 e. The Kier molecular flexibility index (Phi) is 8.07. The van der Waals surface area contributed by atoms with Crippen molar-refractivity contribution in [1.82, 2.24) is 15.0 Å². The number of hydrogen-bond donors (Lipinski definition) is 0. The van der Waals surface area contributed by atoms with E-state index in [2.05, 4.69) is 150 Å². The fraction of sp³-hybridized carbons (Fsp3) is 0.361. The molecular formula is C61H56N4O. The molecule has 5 heteroatoms. The van der Waals surface area contributed by atoms with Crippen molar-refractivity contribution in [3.8, 4) is 11.4 Å². The summed E-state index contributed by atoms with van der Waals surface area (Å²) >= 11 is 0. The van der Waals surface area contributed by atoms with E-state index < -0.39 is 5.41 Å². The minimum atomic E-state index is -0.663. The third kappa shape index (κ3) is 5.37. The van der Waals surface area contributed by atoms with Gasteiger partial charge in [-0.15, -0.1) is 0 Å². The molecule has 4 unspecified atom stereocenters. The number of furan rings is 1. The predicted molar refractivity (Wildman–Crippen MR) is 263 cm³/mol. The smallest absolute Gasteiger partial charge is 0.163 e. The lowest BCUT2D eigenvalue weighted by Crippen LogP contribution is -2.49. The van der Waals surface area contributed by atoms with E-state index in [0.717, 1.165) is 103 Å². The average Bonchev–Trinajstić information content (AvgIpc) is 3.82. The molecule has 5 nitrogen and oxygen atoms in total. The molecule has 7 aliphatic carbocycles. The van der Waals surface area contributed by atoms with Crippen molar-refractivity contribution < 1.29 is 4.42 Å². The predicted octanol–water partition coefficient (Wildman–Crippen LogP) is 14.9. The number of aromatic nitrogens is 3. The van der Waals surface area contributed by atoms with Gasteiger partial charge in [-0.3, -0.25) is 0 Å².